The van der Waals surface area contributed by atoms with Crippen molar-refractivity contribution in [3.05, 3.63) is 28.8 Å². The third-order valence-corrected chi connectivity index (χ3v) is 4.47. The zero-order chi connectivity index (χ0) is 14.7. The minimum Gasteiger partial charge on any atom is -0.478 e. The average Bonchev–Trinajstić information content (AvgIpc) is 2.43. The fourth-order valence-electron chi connectivity index (χ4n) is 2.12. The van der Waals surface area contributed by atoms with Gasteiger partial charge in [0.15, 0.2) is 0 Å². The predicted octanol–water partition coefficient (Wildman–Crippen LogP) is 1.65. The van der Waals surface area contributed by atoms with Gasteiger partial charge in [-0.25, -0.2) is 4.79 Å². The van der Waals surface area contributed by atoms with Crippen LogP contribution in [0.4, 0.5) is 5.69 Å². The van der Waals surface area contributed by atoms with E-state index in [1.54, 1.807) is 24.8 Å². The summed E-state index contributed by atoms with van der Waals surface area (Å²) < 4.78 is 0. The molecule has 0 radical (unpaired) electrons. The first kappa shape index (κ1) is 14.9. The van der Waals surface area contributed by atoms with Gasteiger partial charge in [0.05, 0.1) is 11.6 Å². The van der Waals surface area contributed by atoms with Crippen molar-refractivity contribution < 1.29 is 14.7 Å². The molecule has 1 amide bonds. The van der Waals surface area contributed by atoms with Crippen LogP contribution in [0, 0.1) is 13.8 Å². The topological polar surface area (TPSA) is 78.4 Å². The van der Waals surface area contributed by atoms with Gasteiger partial charge in [-0.15, -0.1) is 0 Å². The molecule has 1 aliphatic heterocycles. The molecule has 20 heavy (non-hydrogen) atoms. The highest BCUT2D eigenvalue weighted by atomic mass is 32.2. The molecule has 1 aromatic rings. The lowest BCUT2D eigenvalue weighted by Gasteiger charge is -2.22. The van der Waals surface area contributed by atoms with Crippen LogP contribution < -0.4 is 10.6 Å². The first-order chi connectivity index (χ1) is 9.49. The Kier molecular flexibility index (Phi) is 4.67. The Morgan fingerprint density at radius 1 is 1.40 bits per heavy atom. The summed E-state index contributed by atoms with van der Waals surface area (Å²) in [5, 5.41) is 15.1. The smallest absolute Gasteiger partial charge is 0.336 e. The maximum atomic E-state index is 12.1. The molecule has 0 bridgehead atoms. The van der Waals surface area contributed by atoms with Crippen molar-refractivity contribution in [3.8, 4) is 0 Å². The summed E-state index contributed by atoms with van der Waals surface area (Å²) in [6.07, 6.45) is 0. The van der Waals surface area contributed by atoms with Gasteiger partial charge in [0.2, 0.25) is 5.91 Å². The molecule has 1 aliphatic rings. The lowest BCUT2D eigenvalue weighted by Crippen LogP contribution is -2.46. The van der Waals surface area contributed by atoms with E-state index in [1.165, 1.54) is 6.07 Å². The summed E-state index contributed by atoms with van der Waals surface area (Å²) >= 11 is 1.74. The molecule has 1 unspecified atom stereocenters. The standard InChI is InChI=1S/C14H18N2O3S/c1-8-5-10(6-11(9(8)2)14(18)19)16-13(17)12-7-20-4-3-15-12/h5-6,12,15H,3-4,7H2,1-2H3,(H,16,17)(H,18,19). The second kappa shape index (κ2) is 6.28. The van der Waals surface area contributed by atoms with E-state index in [9.17, 15) is 9.59 Å². The number of rotatable bonds is 3. The molecule has 3 N–H and O–H groups in total. The Labute approximate surface area is 122 Å². The minimum absolute atomic E-state index is 0.114. The zero-order valence-corrected chi connectivity index (χ0v) is 12.3. The Hall–Kier alpha value is -1.53. The molecule has 0 spiro atoms. The highest BCUT2D eigenvalue weighted by molar-refractivity contribution is 7.99. The van der Waals surface area contributed by atoms with Crippen molar-refractivity contribution in [1.82, 2.24) is 5.32 Å². The van der Waals surface area contributed by atoms with Gasteiger partial charge in [0.1, 0.15) is 0 Å². The number of aryl methyl sites for hydroxylation is 1. The van der Waals surface area contributed by atoms with Crippen LogP contribution in [0.15, 0.2) is 12.1 Å². The van der Waals surface area contributed by atoms with Gasteiger partial charge in [-0.1, -0.05) is 0 Å². The van der Waals surface area contributed by atoms with Crippen molar-refractivity contribution in [2.45, 2.75) is 19.9 Å². The average molecular weight is 294 g/mol. The number of carboxylic acid groups (broad SMARTS) is 1. The zero-order valence-electron chi connectivity index (χ0n) is 11.5. The largest absolute Gasteiger partial charge is 0.478 e. The van der Waals surface area contributed by atoms with E-state index in [1.807, 2.05) is 6.92 Å². The number of thioether (sulfide) groups is 1. The molecule has 0 saturated carbocycles. The van der Waals surface area contributed by atoms with E-state index in [4.69, 9.17) is 5.11 Å². The van der Waals surface area contributed by atoms with Crippen LogP contribution in [0.25, 0.3) is 0 Å². The number of anilines is 1. The number of benzene rings is 1. The Morgan fingerprint density at radius 2 is 2.15 bits per heavy atom. The van der Waals surface area contributed by atoms with Crippen LogP contribution in [0.2, 0.25) is 0 Å². The van der Waals surface area contributed by atoms with Crippen LogP contribution in [-0.2, 0) is 4.79 Å². The molecule has 2 rings (SSSR count). The van der Waals surface area contributed by atoms with E-state index in [0.29, 0.717) is 5.69 Å². The number of hydrogen-bond donors (Lipinski definition) is 3. The number of carbonyl (C=O) groups is 2. The number of nitrogens with one attached hydrogen (secondary N) is 2. The molecule has 0 aliphatic carbocycles. The Morgan fingerprint density at radius 3 is 2.75 bits per heavy atom. The molecule has 1 heterocycles. The van der Waals surface area contributed by atoms with Gasteiger partial charge in [-0.2, -0.15) is 11.8 Å². The number of aromatic carboxylic acids is 1. The summed E-state index contributed by atoms with van der Waals surface area (Å²) in [5.41, 5.74) is 2.34. The Bertz CT molecular complexity index is 539. The molecule has 1 fully saturated rings. The van der Waals surface area contributed by atoms with Crippen LogP contribution >= 0.6 is 11.8 Å². The number of hydrogen-bond acceptors (Lipinski definition) is 4. The summed E-state index contributed by atoms with van der Waals surface area (Å²) in [6.45, 7) is 4.42. The molecule has 0 aromatic heterocycles. The van der Waals surface area contributed by atoms with Gasteiger partial charge in [0.25, 0.3) is 0 Å². The van der Waals surface area contributed by atoms with Gasteiger partial charge >= 0.3 is 5.97 Å². The van der Waals surface area contributed by atoms with Gasteiger partial charge < -0.3 is 15.7 Å². The van der Waals surface area contributed by atoms with Crippen molar-refractivity contribution in [1.29, 1.82) is 0 Å². The third-order valence-electron chi connectivity index (χ3n) is 3.40. The maximum absolute atomic E-state index is 12.1. The normalized spacial score (nSPS) is 18.6. The second-order valence-electron chi connectivity index (χ2n) is 4.84. The molecule has 1 saturated heterocycles. The monoisotopic (exact) mass is 294 g/mol. The lowest BCUT2D eigenvalue weighted by atomic mass is 10.0. The second-order valence-corrected chi connectivity index (χ2v) is 5.99. The fraction of sp³-hybridized carbons (Fsp3) is 0.429. The number of amides is 1. The van der Waals surface area contributed by atoms with Gasteiger partial charge in [-0.3, -0.25) is 4.79 Å². The third kappa shape index (κ3) is 3.32. The fourth-order valence-corrected chi connectivity index (χ4v) is 3.05. The van der Waals surface area contributed by atoms with Crippen LogP contribution in [-0.4, -0.2) is 41.1 Å². The van der Waals surface area contributed by atoms with Crippen molar-refractivity contribution in [2.75, 3.05) is 23.4 Å². The Balaban J connectivity index is 2.16. The van der Waals surface area contributed by atoms with Crippen LogP contribution in [0.3, 0.4) is 0 Å². The quantitative estimate of drug-likeness (QED) is 0.790. The number of carboxylic acids is 1. The lowest BCUT2D eigenvalue weighted by molar-refractivity contribution is -0.117. The molecule has 5 nitrogen and oxygen atoms in total. The molecule has 6 heteroatoms. The van der Waals surface area contributed by atoms with E-state index in [0.717, 1.165) is 29.2 Å². The summed E-state index contributed by atoms with van der Waals surface area (Å²) in [4.78, 5) is 23.3. The SMILES string of the molecule is Cc1cc(NC(=O)C2CSCCN2)cc(C(=O)O)c1C. The summed E-state index contributed by atoms with van der Waals surface area (Å²) in [7, 11) is 0. The van der Waals surface area contributed by atoms with E-state index in [-0.39, 0.29) is 17.5 Å². The van der Waals surface area contributed by atoms with E-state index < -0.39 is 5.97 Å². The molecule has 1 atom stereocenters. The van der Waals surface area contributed by atoms with Crippen LogP contribution in [0.1, 0.15) is 21.5 Å². The number of carbonyl (C=O) groups excluding carboxylic acids is 1. The molecular weight excluding hydrogens is 276 g/mol. The van der Waals surface area contributed by atoms with E-state index in [2.05, 4.69) is 10.6 Å². The predicted molar refractivity (Wildman–Crippen MR) is 80.6 cm³/mol. The molecule has 108 valence electrons. The van der Waals surface area contributed by atoms with Crippen molar-refractivity contribution in [2.24, 2.45) is 0 Å². The molecular formula is C14H18N2O3S. The first-order valence-corrected chi connectivity index (χ1v) is 7.61. The maximum Gasteiger partial charge on any atom is 0.336 e. The van der Waals surface area contributed by atoms with Crippen molar-refractivity contribution >= 4 is 29.3 Å². The van der Waals surface area contributed by atoms with E-state index >= 15 is 0 Å². The van der Waals surface area contributed by atoms with Gasteiger partial charge in [0, 0.05) is 23.7 Å². The first-order valence-electron chi connectivity index (χ1n) is 6.45. The highest BCUT2D eigenvalue weighted by Crippen LogP contribution is 2.20. The van der Waals surface area contributed by atoms with Gasteiger partial charge in [-0.05, 0) is 37.1 Å². The molecule has 1 aromatic carbocycles. The van der Waals surface area contributed by atoms with Crippen molar-refractivity contribution in [3.63, 3.8) is 0 Å². The summed E-state index contributed by atoms with van der Waals surface area (Å²) in [5.74, 6) is 0.656. The summed E-state index contributed by atoms with van der Waals surface area (Å²) in [6, 6.07) is 3.09. The minimum atomic E-state index is -0.979. The van der Waals surface area contributed by atoms with Crippen LogP contribution in [0.5, 0.6) is 0 Å². The highest BCUT2D eigenvalue weighted by Gasteiger charge is 2.21.